The summed E-state index contributed by atoms with van der Waals surface area (Å²) in [4.78, 5) is 0. The van der Waals surface area contributed by atoms with Crippen molar-refractivity contribution in [2.45, 2.75) is 5.05 Å². The third-order valence-corrected chi connectivity index (χ3v) is 0. The quantitative estimate of drug-likeness (QED) is 0.356. The van der Waals surface area contributed by atoms with E-state index in [0.29, 0.717) is 0 Å². The lowest BCUT2D eigenvalue weighted by Gasteiger charge is -1.34. The van der Waals surface area contributed by atoms with Crippen LogP contribution >= 0.6 is 12.9 Å². The molecular weight excluding hydrogens is 140 g/mol. The molecule has 0 rings (SSSR count). The molecule has 0 saturated heterocycles. The average molecular weight is 145 g/mol. The topological polar surface area (TPSA) is 0 Å². The zero-order chi connectivity index (χ0) is 4.71. The lowest BCUT2D eigenvalue weighted by atomic mass is 11.4. The molecule has 2 heteroatoms. The van der Waals surface area contributed by atoms with Gasteiger partial charge in [-0.1, -0.05) is 0 Å². The van der Waals surface area contributed by atoms with Crippen LogP contribution in [0.25, 0.3) is 0 Å². The molecule has 0 N–H and O–H groups in total. The Morgan fingerprint density at radius 2 is 1.60 bits per heavy atom. The van der Waals surface area contributed by atoms with E-state index < -0.39 is 0 Å². The predicted molar refractivity (Wildman–Crippen MR) is 30.4 cm³/mol. The third kappa shape index (κ3) is 58.2. The van der Waals surface area contributed by atoms with Crippen molar-refractivity contribution in [1.29, 1.82) is 0 Å². The lowest BCUT2D eigenvalue weighted by molar-refractivity contribution is 2.38. The number of hydrogen-bond donors (Lipinski definition) is 0. The number of hydrogen-bond acceptors (Lipinski definition) is 0. The van der Waals surface area contributed by atoms with Gasteiger partial charge < -0.3 is 12.9 Å². The highest BCUT2D eigenvalue weighted by Crippen LogP contribution is 1.62. The molecule has 0 aliphatic heterocycles. The summed E-state index contributed by atoms with van der Waals surface area (Å²) in [6, 6.07) is 0. The van der Waals surface area contributed by atoms with Gasteiger partial charge in [-0.25, -0.2) is 0 Å². The number of terminal acetylenes is 1. The van der Waals surface area contributed by atoms with Crippen molar-refractivity contribution in [3.8, 4) is 12.8 Å². The van der Waals surface area contributed by atoms with Crippen LogP contribution in [-0.2, 0) is 0 Å². The predicted octanol–water partition coefficient (Wildman–Crippen LogP) is 1.30. The van der Waals surface area contributed by atoms with Crippen LogP contribution in [-0.4, -0.2) is 18.2 Å². The molecule has 26 valence electrons. The van der Waals surface area contributed by atoms with Crippen molar-refractivity contribution in [1.82, 2.24) is 0 Å². The summed E-state index contributed by atoms with van der Waals surface area (Å²) < 4.78 is 0. The summed E-state index contributed by atoms with van der Waals surface area (Å²) in [5.41, 5.74) is 0. The van der Waals surface area contributed by atoms with Gasteiger partial charge in [0.2, 0.25) is 0 Å². The van der Waals surface area contributed by atoms with Gasteiger partial charge in [0.1, 0.15) is 0 Å². The van der Waals surface area contributed by atoms with E-state index in [1.807, 2.05) is 0 Å². The van der Waals surface area contributed by atoms with E-state index in [9.17, 15) is 0 Å². The van der Waals surface area contributed by atoms with Gasteiger partial charge in [0.05, 0.1) is 0 Å². The van der Waals surface area contributed by atoms with Crippen LogP contribution < -0.4 is 0 Å². The summed E-state index contributed by atoms with van der Waals surface area (Å²) in [5.74, 6) is 0. The molecule has 0 aliphatic rings. The minimum absolute atomic E-state index is 0.229. The largest absolute Gasteiger partial charge is 0.465 e. The van der Waals surface area contributed by atoms with Crippen molar-refractivity contribution in [3.63, 3.8) is 0 Å². The highest BCUT2D eigenvalue weighted by Gasteiger charge is 1.58. The van der Waals surface area contributed by atoms with E-state index in [4.69, 9.17) is 0 Å². The monoisotopic (exact) mass is 144 g/mol. The SMILES string of the molecule is C#C.[CH3][Mg][Br]. The Morgan fingerprint density at radius 3 is 1.60 bits per heavy atom. The standard InChI is InChI=1S/C2H2.CH3.BrH.Mg/c1-2;;;/h1-2H;1H3;1H;/q;;;+1/p-1. The van der Waals surface area contributed by atoms with Crippen LogP contribution in [0.3, 0.4) is 0 Å². The fourth-order valence-electron chi connectivity index (χ4n) is 0. The summed E-state index contributed by atoms with van der Waals surface area (Å²) in [7, 11) is 0. The molecular formula is C3H5BrMg. The third-order valence-electron chi connectivity index (χ3n) is 0. The molecule has 0 radical (unpaired) electrons. The molecule has 0 aromatic heterocycles. The Hall–Kier alpha value is 0.806. The maximum atomic E-state index is 4.00. The summed E-state index contributed by atoms with van der Waals surface area (Å²) in [5, 5.41) is 2.18. The van der Waals surface area contributed by atoms with Crippen LogP contribution in [0.5, 0.6) is 0 Å². The second-order valence-corrected chi connectivity index (χ2v) is 4.17. The molecule has 0 aromatic rings. The van der Waals surface area contributed by atoms with Crippen LogP contribution in [0, 0.1) is 12.8 Å². The second kappa shape index (κ2) is 21.3. The van der Waals surface area contributed by atoms with Gasteiger partial charge in [0, 0.05) is 0 Å². The van der Waals surface area contributed by atoms with Crippen LogP contribution in [0.1, 0.15) is 0 Å². The highest BCUT2D eigenvalue weighted by molar-refractivity contribution is 9.23. The fourth-order valence-corrected chi connectivity index (χ4v) is 0. The smallest absolute Gasteiger partial charge is 0.307 e. The van der Waals surface area contributed by atoms with Gasteiger partial charge in [-0.05, 0) is 0 Å². The van der Waals surface area contributed by atoms with Crippen molar-refractivity contribution in [3.05, 3.63) is 0 Å². The van der Waals surface area contributed by atoms with Gasteiger partial charge in [-0.2, -0.15) is 0 Å². The Balaban J connectivity index is 0. The van der Waals surface area contributed by atoms with E-state index in [2.05, 4.69) is 30.8 Å². The summed E-state index contributed by atoms with van der Waals surface area (Å²) in [6.07, 6.45) is 8.00. The molecule has 0 amide bonds. The van der Waals surface area contributed by atoms with Gasteiger partial charge in [-0.15, -0.1) is 17.9 Å². The molecule has 0 atom stereocenters. The van der Waals surface area contributed by atoms with E-state index in [0.717, 1.165) is 0 Å². The molecule has 5 heavy (non-hydrogen) atoms. The van der Waals surface area contributed by atoms with E-state index in [1.54, 1.807) is 0 Å². The fraction of sp³-hybridized carbons (Fsp3) is 0.333. The lowest BCUT2D eigenvalue weighted by Crippen LogP contribution is -1.43. The molecule has 0 unspecified atom stereocenters. The van der Waals surface area contributed by atoms with Crippen molar-refractivity contribution < 1.29 is 0 Å². The van der Waals surface area contributed by atoms with Gasteiger partial charge >= 0.3 is 18.2 Å². The van der Waals surface area contributed by atoms with Crippen LogP contribution in [0.4, 0.5) is 0 Å². The minimum atomic E-state index is 0.229. The van der Waals surface area contributed by atoms with Gasteiger partial charge in [0.25, 0.3) is 0 Å². The van der Waals surface area contributed by atoms with Crippen LogP contribution in [0.2, 0.25) is 5.05 Å². The van der Waals surface area contributed by atoms with Crippen molar-refractivity contribution in [2.75, 3.05) is 0 Å². The minimum Gasteiger partial charge on any atom is -0.307 e. The van der Waals surface area contributed by atoms with Crippen molar-refractivity contribution >= 4 is 31.1 Å². The highest BCUT2D eigenvalue weighted by atomic mass is 79.9. The first-order valence-corrected chi connectivity index (χ1v) is 6.62. The Labute approximate surface area is 48.9 Å². The number of rotatable bonds is 0. The van der Waals surface area contributed by atoms with E-state index in [-0.39, 0.29) is 18.2 Å². The molecule has 0 fully saturated rings. The summed E-state index contributed by atoms with van der Waals surface area (Å²) >= 11 is 3.51. The Bertz CT molecular complexity index is 18.1. The second-order valence-electron chi connectivity index (χ2n) is 0.267. The molecule has 0 aromatic carbocycles. The van der Waals surface area contributed by atoms with Crippen LogP contribution in [0.15, 0.2) is 0 Å². The molecule has 0 nitrogen and oxygen atoms in total. The van der Waals surface area contributed by atoms with Gasteiger partial charge in [-0.3, -0.25) is 0 Å². The van der Waals surface area contributed by atoms with Gasteiger partial charge in [0.15, 0.2) is 0 Å². The maximum absolute atomic E-state index is 4.00. The first kappa shape index (κ1) is 9.26. The number of halogens is 1. The normalized spacial score (nSPS) is 2.40. The zero-order valence-corrected chi connectivity index (χ0v) is 6.24. The average Bonchev–Trinajstić information content (AvgIpc) is 1.46. The molecule has 0 saturated carbocycles. The Morgan fingerprint density at radius 1 is 1.60 bits per heavy atom. The molecule has 0 heterocycles. The van der Waals surface area contributed by atoms with E-state index in [1.165, 1.54) is 0 Å². The molecule has 0 aliphatic carbocycles. The van der Waals surface area contributed by atoms with Crippen molar-refractivity contribution in [2.24, 2.45) is 0 Å². The zero-order valence-electron chi connectivity index (χ0n) is 3.24. The first-order valence-electron chi connectivity index (χ1n) is 1.31. The molecule has 0 spiro atoms. The first-order chi connectivity index (χ1) is 2.41. The maximum Gasteiger partial charge on any atom is 0.465 e. The summed E-state index contributed by atoms with van der Waals surface area (Å²) in [6.45, 7) is 0. The van der Waals surface area contributed by atoms with E-state index >= 15 is 0 Å². The Kier molecular flexibility index (Phi) is 39.5. The molecule has 0 bridgehead atoms.